The number of thioether (sulfide) groups is 1. The third kappa shape index (κ3) is 3.74. The van der Waals surface area contributed by atoms with Crippen molar-refractivity contribution in [2.24, 2.45) is 0 Å². The van der Waals surface area contributed by atoms with E-state index in [2.05, 4.69) is 21.2 Å². The third-order valence-electron chi connectivity index (χ3n) is 2.59. The molecule has 8 heteroatoms. The highest BCUT2D eigenvalue weighted by molar-refractivity contribution is 9.10. The predicted molar refractivity (Wildman–Crippen MR) is 81.1 cm³/mol. The van der Waals surface area contributed by atoms with Crippen LogP contribution in [0.1, 0.15) is 10.4 Å². The predicted octanol–water partition coefficient (Wildman–Crippen LogP) is 2.53. The first-order valence-corrected chi connectivity index (χ1v) is 7.84. The highest BCUT2D eigenvalue weighted by Gasteiger charge is 2.29. The van der Waals surface area contributed by atoms with Gasteiger partial charge in [0, 0.05) is 28.1 Å². The Morgan fingerprint density at radius 1 is 1.40 bits per heavy atom. The minimum atomic E-state index is -0.306. The van der Waals surface area contributed by atoms with E-state index in [9.17, 15) is 14.4 Å². The number of amides is 3. The molecule has 3 amide bonds. The van der Waals surface area contributed by atoms with Gasteiger partial charge in [-0.05, 0) is 18.2 Å². The lowest BCUT2D eigenvalue weighted by Crippen LogP contribution is -2.37. The van der Waals surface area contributed by atoms with E-state index in [-0.39, 0.29) is 35.9 Å². The van der Waals surface area contributed by atoms with Crippen molar-refractivity contribution in [2.45, 2.75) is 0 Å². The van der Waals surface area contributed by atoms with E-state index in [0.717, 1.165) is 16.7 Å². The minimum absolute atomic E-state index is 0.175. The highest BCUT2D eigenvalue weighted by atomic mass is 79.9. The standard InChI is InChI=1S/C12H10BrClN2O3S/c13-8-3-7(4-9(14)5-8)11(18)15-1-2-16-10(17)6-20-12(16)19/h3-5H,1-2,6H2,(H,15,18). The zero-order valence-corrected chi connectivity index (χ0v) is 13.3. The molecule has 1 fully saturated rings. The van der Waals surface area contributed by atoms with Gasteiger partial charge in [0.25, 0.3) is 11.1 Å². The summed E-state index contributed by atoms with van der Waals surface area (Å²) in [5.41, 5.74) is 0.415. The molecule has 1 aromatic carbocycles. The van der Waals surface area contributed by atoms with E-state index in [4.69, 9.17) is 11.6 Å². The molecule has 1 N–H and O–H groups in total. The van der Waals surface area contributed by atoms with Gasteiger partial charge in [-0.1, -0.05) is 39.3 Å². The molecule has 0 radical (unpaired) electrons. The van der Waals surface area contributed by atoms with Crippen molar-refractivity contribution in [1.82, 2.24) is 10.2 Å². The van der Waals surface area contributed by atoms with Gasteiger partial charge in [0.1, 0.15) is 0 Å². The molecule has 1 aromatic rings. The van der Waals surface area contributed by atoms with E-state index in [1.54, 1.807) is 18.2 Å². The molecule has 0 bridgehead atoms. The summed E-state index contributed by atoms with van der Waals surface area (Å²) in [5, 5.41) is 2.83. The summed E-state index contributed by atoms with van der Waals surface area (Å²) in [4.78, 5) is 35.8. The lowest BCUT2D eigenvalue weighted by Gasteiger charge is -2.13. The van der Waals surface area contributed by atoms with Gasteiger partial charge in [0.05, 0.1) is 5.75 Å². The molecule has 20 heavy (non-hydrogen) atoms. The second-order valence-electron chi connectivity index (χ2n) is 4.01. The van der Waals surface area contributed by atoms with Gasteiger partial charge in [-0.2, -0.15) is 0 Å². The molecular formula is C12H10BrClN2O3S. The number of hydrogen-bond acceptors (Lipinski definition) is 4. The van der Waals surface area contributed by atoms with Crippen molar-refractivity contribution in [3.05, 3.63) is 33.3 Å². The second-order valence-corrected chi connectivity index (χ2v) is 6.29. The van der Waals surface area contributed by atoms with Crippen LogP contribution in [0.5, 0.6) is 0 Å². The zero-order valence-electron chi connectivity index (χ0n) is 10.2. The maximum Gasteiger partial charge on any atom is 0.288 e. The van der Waals surface area contributed by atoms with Crippen LogP contribution in [0.2, 0.25) is 5.02 Å². The van der Waals surface area contributed by atoms with Crippen molar-refractivity contribution in [1.29, 1.82) is 0 Å². The number of halogens is 2. The Bertz CT molecular complexity index is 546. The number of imide groups is 1. The van der Waals surface area contributed by atoms with Crippen LogP contribution in [0.3, 0.4) is 0 Å². The maximum atomic E-state index is 11.9. The van der Waals surface area contributed by atoms with Crippen molar-refractivity contribution in [3.63, 3.8) is 0 Å². The Morgan fingerprint density at radius 2 is 2.15 bits per heavy atom. The number of rotatable bonds is 4. The fourth-order valence-corrected chi connectivity index (χ4v) is 3.28. The van der Waals surface area contributed by atoms with Crippen LogP contribution in [-0.2, 0) is 4.79 Å². The lowest BCUT2D eigenvalue weighted by molar-refractivity contribution is -0.124. The van der Waals surface area contributed by atoms with Gasteiger partial charge in [0.2, 0.25) is 5.91 Å². The van der Waals surface area contributed by atoms with Crippen molar-refractivity contribution in [3.8, 4) is 0 Å². The van der Waals surface area contributed by atoms with E-state index < -0.39 is 0 Å². The van der Waals surface area contributed by atoms with E-state index in [0.29, 0.717) is 15.1 Å². The van der Waals surface area contributed by atoms with Crippen molar-refractivity contribution in [2.75, 3.05) is 18.8 Å². The fraction of sp³-hybridized carbons (Fsp3) is 0.250. The van der Waals surface area contributed by atoms with Crippen molar-refractivity contribution >= 4 is 56.3 Å². The summed E-state index contributed by atoms with van der Waals surface area (Å²) < 4.78 is 0.705. The number of carbonyl (C=O) groups excluding carboxylic acids is 3. The van der Waals surface area contributed by atoms with Gasteiger partial charge in [-0.25, -0.2) is 0 Å². The summed E-state index contributed by atoms with van der Waals surface area (Å²) in [6, 6.07) is 4.87. The average Bonchev–Trinajstić information content (AvgIpc) is 2.69. The molecule has 0 aliphatic carbocycles. The average molecular weight is 378 g/mol. The Balaban J connectivity index is 1.89. The summed E-state index contributed by atoms with van der Waals surface area (Å²) in [6.07, 6.45) is 0. The first-order chi connectivity index (χ1) is 9.47. The smallest absolute Gasteiger partial charge is 0.288 e. The second kappa shape index (κ2) is 6.60. The van der Waals surface area contributed by atoms with Gasteiger partial charge in [0.15, 0.2) is 0 Å². The van der Waals surface area contributed by atoms with Crippen LogP contribution in [0.4, 0.5) is 4.79 Å². The molecule has 0 atom stereocenters. The highest BCUT2D eigenvalue weighted by Crippen LogP contribution is 2.20. The van der Waals surface area contributed by atoms with E-state index in [1.165, 1.54) is 0 Å². The quantitative estimate of drug-likeness (QED) is 0.875. The van der Waals surface area contributed by atoms with Crippen LogP contribution in [0.15, 0.2) is 22.7 Å². The van der Waals surface area contributed by atoms with Crippen LogP contribution in [0.25, 0.3) is 0 Å². The molecule has 1 aliphatic rings. The maximum absolute atomic E-state index is 11.9. The molecule has 0 spiro atoms. The Hall–Kier alpha value is -1.05. The Kier molecular flexibility index (Phi) is 5.06. The van der Waals surface area contributed by atoms with E-state index >= 15 is 0 Å². The summed E-state index contributed by atoms with van der Waals surface area (Å²) in [5.74, 6) is -0.353. The molecular weight excluding hydrogens is 368 g/mol. The molecule has 1 saturated heterocycles. The van der Waals surface area contributed by atoms with Gasteiger partial charge >= 0.3 is 0 Å². The molecule has 0 saturated carbocycles. The van der Waals surface area contributed by atoms with Gasteiger partial charge < -0.3 is 5.32 Å². The molecule has 1 aliphatic heterocycles. The Morgan fingerprint density at radius 3 is 2.75 bits per heavy atom. The number of hydrogen-bond donors (Lipinski definition) is 1. The van der Waals surface area contributed by atoms with Crippen molar-refractivity contribution < 1.29 is 14.4 Å². The minimum Gasteiger partial charge on any atom is -0.350 e. The molecule has 5 nitrogen and oxygen atoms in total. The summed E-state index contributed by atoms with van der Waals surface area (Å²) in [7, 11) is 0. The molecule has 1 heterocycles. The van der Waals surface area contributed by atoms with Crippen LogP contribution in [-0.4, -0.2) is 40.8 Å². The van der Waals surface area contributed by atoms with Crippen LogP contribution < -0.4 is 5.32 Å². The largest absolute Gasteiger partial charge is 0.350 e. The summed E-state index contributed by atoms with van der Waals surface area (Å²) >= 11 is 10.1. The molecule has 2 rings (SSSR count). The first kappa shape index (κ1) is 15.3. The topological polar surface area (TPSA) is 66.5 Å². The zero-order chi connectivity index (χ0) is 14.7. The third-order valence-corrected chi connectivity index (χ3v) is 4.12. The van der Waals surface area contributed by atoms with E-state index in [1.807, 2.05) is 0 Å². The van der Waals surface area contributed by atoms with Crippen LogP contribution >= 0.6 is 39.3 Å². The number of carbonyl (C=O) groups is 3. The van der Waals surface area contributed by atoms with Gasteiger partial charge in [-0.15, -0.1) is 0 Å². The fourth-order valence-electron chi connectivity index (χ4n) is 1.67. The lowest BCUT2D eigenvalue weighted by atomic mass is 10.2. The number of nitrogens with one attached hydrogen (secondary N) is 1. The summed E-state index contributed by atoms with van der Waals surface area (Å²) in [6.45, 7) is 0.388. The van der Waals surface area contributed by atoms with Crippen LogP contribution in [0, 0.1) is 0 Å². The normalized spacial score (nSPS) is 14.8. The number of nitrogens with zero attached hydrogens (tertiary/aromatic N) is 1. The van der Waals surface area contributed by atoms with Gasteiger partial charge in [-0.3, -0.25) is 19.3 Å². The SMILES string of the molecule is O=C(NCCN1C(=O)CSC1=O)c1cc(Cl)cc(Br)c1. The monoisotopic (exact) mass is 376 g/mol. The number of benzene rings is 1. The Labute approximate surface area is 133 Å². The molecule has 106 valence electrons. The molecule has 0 aromatic heterocycles. The molecule has 0 unspecified atom stereocenters. The first-order valence-electron chi connectivity index (χ1n) is 5.69.